The largest absolute Gasteiger partial charge is 1.00 e. The van der Waals surface area contributed by atoms with Crippen LogP contribution in [0.5, 0.6) is 11.5 Å². The van der Waals surface area contributed by atoms with E-state index in [9.17, 15) is 29.4 Å². The standard InChI is InChI=1S/2C24H26N2O5.2CH4.Na/c2*1-26-14-17(11-15-7-8-16(23(27)28)12-22(15)30-2)20-13-18(9-10-21(20)26)25-24(29)31-19-5-3-4-6-19;;;/h2*7-10,12-14,19H,3-6,11H2,1-2H3,(H,25,29)(H,27,28);2*1H4;/q;;;;+1/p-1. The van der Waals surface area contributed by atoms with Gasteiger partial charge in [0.15, 0.2) is 0 Å². The van der Waals surface area contributed by atoms with Gasteiger partial charge in [-0.05, 0) is 128 Å². The van der Waals surface area contributed by atoms with Crippen LogP contribution in [0.15, 0.2) is 85.2 Å². The number of hydrogen-bond donors (Lipinski definition) is 3. The number of ether oxygens (including phenoxy) is 4. The second kappa shape index (κ2) is 23.3. The fourth-order valence-electron chi connectivity index (χ4n) is 8.45. The first-order chi connectivity index (χ1) is 29.9. The summed E-state index contributed by atoms with van der Waals surface area (Å²) in [7, 11) is 6.98. The van der Waals surface area contributed by atoms with Crippen molar-refractivity contribution in [2.45, 2.75) is 91.3 Å². The van der Waals surface area contributed by atoms with E-state index in [1.807, 2.05) is 72.0 Å². The van der Waals surface area contributed by atoms with E-state index in [0.717, 1.165) is 95.4 Å². The number of aromatic nitrogens is 2. The predicted molar refractivity (Wildman–Crippen MR) is 247 cm³/mol. The van der Waals surface area contributed by atoms with E-state index in [1.165, 1.54) is 32.4 Å². The third-order valence-corrected chi connectivity index (χ3v) is 11.6. The molecular weight excluding hydrogens is 840 g/mol. The molecule has 0 radical (unpaired) electrons. The Bertz CT molecular complexity index is 2440. The molecule has 0 aliphatic heterocycles. The second-order valence-corrected chi connectivity index (χ2v) is 15.9. The molecule has 0 atom stereocenters. The van der Waals surface area contributed by atoms with Gasteiger partial charge in [-0.1, -0.05) is 33.1 Å². The maximum atomic E-state index is 12.3. The number of carboxylic acids is 2. The van der Waals surface area contributed by atoms with Crippen LogP contribution < -0.4 is 54.8 Å². The minimum atomic E-state index is -1.24. The van der Waals surface area contributed by atoms with Crippen molar-refractivity contribution in [3.05, 3.63) is 119 Å². The second-order valence-electron chi connectivity index (χ2n) is 15.9. The number of aromatic carboxylic acids is 2. The zero-order chi connectivity index (χ0) is 43.9. The number of carbonyl (C=O) groups is 4. The zero-order valence-electron chi connectivity index (χ0n) is 36.3. The molecule has 0 spiro atoms. The molecule has 2 aromatic heterocycles. The summed E-state index contributed by atoms with van der Waals surface area (Å²) < 4.78 is 25.9. The maximum Gasteiger partial charge on any atom is 1.00 e. The summed E-state index contributed by atoms with van der Waals surface area (Å²) in [5.74, 6) is -1.20. The van der Waals surface area contributed by atoms with E-state index >= 15 is 0 Å². The van der Waals surface area contributed by atoms with E-state index in [4.69, 9.17) is 18.9 Å². The van der Waals surface area contributed by atoms with Gasteiger partial charge in [0, 0.05) is 78.1 Å². The van der Waals surface area contributed by atoms with E-state index in [2.05, 4.69) is 10.6 Å². The van der Waals surface area contributed by atoms with Crippen LogP contribution in [0.2, 0.25) is 0 Å². The third kappa shape index (κ3) is 12.6. The Hall–Kier alpha value is -5.96. The number of methoxy groups -OCH3 is 2. The number of nitrogens with one attached hydrogen (secondary N) is 2. The topological polar surface area (TPSA) is 182 Å². The van der Waals surface area contributed by atoms with Gasteiger partial charge in [-0.25, -0.2) is 14.4 Å². The number of benzene rings is 4. The number of amides is 2. The van der Waals surface area contributed by atoms with Crippen molar-refractivity contribution in [2.24, 2.45) is 14.1 Å². The maximum absolute atomic E-state index is 12.3. The molecule has 65 heavy (non-hydrogen) atoms. The summed E-state index contributed by atoms with van der Waals surface area (Å²) in [4.78, 5) is 46.9. The van der Waals surface area contributed by atoms with Gasteiger partial charge >= 0.3 is 47.7 Å². The van der Waals surface area contributed by atoms with Crippen LogP contribution in [-0.2, 0) is 36.4 Å². The molecule has 0 bridgehead atoms. The van der Waals surface area contributed by atoms with Gasteiger partial charge in [-0.3, -0.25) is 10.6 Å². The Kier molecular flexibility index (Phi) is 18.5. The molecule has 0 unspecified atom stereocenters. The fourth-order valence-corrected chi connectivity index (χ4v) is 8.45. The van der Waals surface area contributed by atoms with Crippen molar-refractivity contribution in [3.8, 4) is 11.5 Å². The van der Waals surface area contributed by atoms with E-state index in [0.29, 0.717) is 35.7 Å². The average Bonchev–Trinajstić information content (AvgIpc) is 4.08. The van der Waals surface area contributed by atoms with Gasteiger partial charge in [0.05, 0.1) is 25.8 Å². The molecule has 15 heteroatoms. The molecule has 2 heterocycles. The van der Waals surface area contributed by atoms with Crippen LogP contribution in [0.1, 0.15) is 109 Å². The summed E-state index contributed by atoms with van der Waals surface area (Å²) in [6.45, 7) is 0. The Labute approximate surface area is 402 Å². The Morgan fingerprint density at radius 3 is 1.40 bits per heavy atom. The number of hydrogen-bond acceptors (Lipinski definition) is 9. The van der Waals surface area contributed by atoms with Crippen LogP contribution in [0, 0.1) is 0 Å². The average molecular weight is 899 g/mol. The monoisotopic (exact) mass is 898 g/mol. The first-order valence-electron chi connectivity index (χ1n) is 20.8. The fraction of sp³-hybridized carbons (Fsp3) is 0.360. The molecule has 2 fully saturated rings. The van der Waals surface area contributed by atoms with Gasteiger partial charge < -0.3 is 43.1 Å². The van der Waals surface area contributed by atoms with Crippen molar-refractivity contribution in [2.75, 3.05) is 24.9 Å². The molecule has 2 saturated carbocycles. The van der Waals surface area contributed by atoms with E-state index in [-0.39, 0.29) is 67.7 Å². The smallest absolute Gasteiger partial charge is 0.545 e. The van der Waals surface area contributed by atoms with Crippen LogP contribution in [-0.4, -0.2) is 64.8 Å². The van der Waals surface area contributed by atoms with Crippen molar-refractivity contribution < 1.29 is 77.9 Å². The van der Waals surface area contributed by atoms with Crippen molar-refractivity contribution in [3.63, 3.8) is 0 Å². The van der Waals surface area contributed by atoms with Crippen LogP contribution in [0.4, 0.5) is 21.0 Å². The Balaban J connectivity index is 0.000000272. The molecule has 4 aromatic carbocycles. The summed E-state index contributed by atoms with van der Waals surface area (Å²) in [6, 6.07) is 21.2. The Morgan fingerprint density at radius 2 is 1.02 bits per heavy atom. The SMILES string of the molecule is C.C.COc1cc(C(=O)O)ccc1Cc1cn(C)c2ccc(NC(=O)OC3CCCC3)cc12.COc1cc(C(=O)[O-])ccc1Cc1cn(C)c2ccc(NC(=O)OC3CCCC3)cc12.[Na+]. The molecule has 2 aliphatic carbocycles. The van der Waals surface area contributed by atoms with Crippen molar-refractivity contribution in [1.29, 1.82) is 0 Å². The van der Waals surface area contributed by atoms with Crippen LogP contribution in [0.3, 0.4) is 0 Å². The number of nitrogens with zero attached hydrogens (tertiary/aromatic N) is 2. The molecule has 6 aromatic rings. The number of carbonyl (C=O) groups excluding carboxylic acids is 3. The van der Waals surface area contributed by atoms with Gasteiger partial charge in [-0.2, -0.15) is 0 Å². The summed E-state index contributed by atoms with van der Waals surface area (Å²) in [5.41, 5.74) is 7.49. The zero-order valence-corrected chi connectivity index (χ0v) is 38.3. The first-order valence-corrected chi connectivity index (χ1v) is 20.8. The minimum Gasteiger partial charge on any atom is -0.545 e. The van der Waals surface area contributed by atoms with Crippen LogP contribution in [0.25, 0.3) is 21.8 Å². The molecule has 0 saturated heterocycles. The molecular formula is C50H59N4NaO10. The molecule has 14 nitrogen and oxygen atoms in total. The van der Waals surface area contributed by atoms with Gasteiger partial charge in [0.1, 0.15) is 23.7 Å². The quantitative estimate of drug-likeness (QED) is 0.110. The molecule has 8 rings (SSSR count). The summed E-state index contributed by atoms with van der Waals surface area (Å²) in [6.07, 6.45) is 12.5. The Morgan fingerprint density at radius 1 is 0.615 bits per heavy atom. The first kappa shape index (κ1) is 51.7. The van der Waals surface area contributed by atoms with Gasteiger partial charge in [-0.15, -0.1) is 0 Å². The molecule has 2 aliphatic rings. The van der Waals surface area contributed by atoms with Crippen molar-refractivity contribution >= 4 is 57.3 Å². The molecule has 3 N–H and O–H groups in total. The predicted octanol–water partition coefficient (Wildman–Crippen LogP) is 6.88. The van der Waals surface area contributed by atoms with Gasteiger partial charge in [0.25, 0.3) is 0 Å². The van der Waals surface area contributed by atoms with Gasteiger partial charge in [0.2, 0.25) is 0 Å². The number of aryl methyl sites for hydroxylation is 2. The van der Waals surface area contributed by atoms with E-state index < -0.39 is 24.1 Å². The third-order valence-electron chi connectivity index (χ3n) is 11.6. The number of fused-ring (bicyclic) bond motifs is 2. The minimum absolute atomic E-state index is 0. The van der Waals surface area contributed by atoms with Crippen molar-refractivity contribution in [1.82, 2.24) is 9.13 Å². The molecule has 340 valence electrons. The summed E-state index contributed by atoms with van der Waals surface area (Å²) in [5, 5.41) is 28.0. The van der Waals surface area contributed by atoms with E-state index in [1.54, 1.807) is 18.2 Å². The normalized spacial score (nSPS) is 13.4. The number of rotatable bonds is 12. The van der Waals surface area contributed by atoms with Crippen LogP contribution >= 0.6 is 0 Å². The number of anilines is 2. The number of carboxylic acid groups (broad SMARTS) is 2. The summed E-state index contributed by atoms with van der Waals surface area (Å²) >= 11 is 0. The molecule has 2 amide bonds.